The molecule has 0 spiro atoms. The topological polar surface area (TPSA) is 81.7 Å². The Labute approximate surface area is 370 Å². The molecule has 1 fully saturated rings. The molecule has 9 heteroatoms. The van der Waals surface area contributed by atoms with Crippen LogP contribution < -0.4 is 4.74 Å². The lowest BCUT2D eigenvalue weighted by atomic mass is 9.90. The zero-order valence-electron chi connectivity index (χ0n) is 35.8. The van der Waals surface area contributed by atoms with Crippen molar-refractivity contribution in [2.24, 2.45) is 0 Å². The third-order valence-corrected chi connectivity index (χ3v) is 11.1. The Bertz CT molecular complexity index is 2290. The molecular formula is C53H55ClO8. The number of rotatable bonds is 21. The minimum atomic E-state index is -1.59. The van der Waals surface area contributed by atoms with Crippen LogP contribution in [0.15, 0.2) is 164 Å². The van der Waals surface area contributed by atoms with Crippen molar-refractivity contribution in [2.75, 3.05) is 6.61 Å². The first-order valence-corrected chi connectivity index (χ1v) is 21.6. The highest BCUT2D eigenvalue weighted by molar-refractivity contribution is 6.31. The van der Waals surface area contributed by atoms with Crippen molar-refractivity contribution < 1.29 is 38.0 Å². The second-order valence-corrected chi connectivity index (χ2v) is 16.3. The predicted octanol–water partition coefficient (Wildman–Crippen LogP) is 11.4. The molecule has 0 amide bonds. The van der Waals surface area contributed by atoms with Crippen molar-refractivity contribution in [1.29, 1.82) is 0 Å². The summed E-state index contributed by atoms with van der Waals surface area (Å²) < 4.78 is 47.1. The first kappa shape index (κ1) is 44.9. The standard InChI is InChI=1S/C53H55ClO8/c1-5-56-46-29-26-39(27-30-46)32-45-33-44(28-31-47(45)54)48(55)49(57-34-40-18-10-6-11-19-40)50(58-35-41-20-12-7-13-21-41)51(59-36-42-22-14-8-15-23-42)53(38(2)61-52(3,4)62-53)60-37-43-24-16-9-17-25-43/h6-31,33,38,49-51H,5,32,34-37H2,1-4H3/t38-,49+,50-,51+,53?/m1/s1. The molecule has 6 aromatic rings. The number of ether oxygens (including phenoxy) is 7. The molecule has 1 aliphatic rings. The van der Waals surface area contributed by atoms with Crippen LogP contribution in [0.1, 0.15) is 71.4 Å². The van der Waals surface area contributed by atoms with Gasteiger partial charge in [0.05, 0.1) is 33.0 Å². The lowest BCUT2D eigenvalue weighted by Gasteiger charge is -2.43. The number of Topliss-reactive ketones (excluding diaryl/α,β-unsaturated/α-hetero) is 1. The summed E-state index contributed by atoms with van der Waals surface area (Å²) >= 11 is 6.86. The Kier molecular flexibility index (Phi) is 15.4. The highest BCUT2D eigenvalue weighted by Gasteiger charge is 2.62. The molecule has 0 N–H and O–H groups in total. The second kappa shape index (κ2) is 21.3. The van der Waals surface area contributed by atoms with Gasteiger partial charge in [0, 0.05) is 10.6 Å². The Morgan fingerprint density at radius 2 is 1.16 bits per heavy atom. The van der Waals surface area contributed by atoms with E-state index in [2.05, 4.69) is 0 Å². The van der Waals surface area contributed by atoms with E-state index in [0.717, 1.165) is 39.1 Å². The summed E-state index contributed by atoms with van der Waals surface area (Å²) in [5.41, 5.74) is 5.81. The number of halogens is 1. The molecule has 1 heterocycles. The van der Waals surface area contributed by atoms with Crippen LogP contribution in [0.2, 0.25) is 5.02 Å². The van der Waals surface area contributed by atoms with Gasteiger partial charge in [-0.3, -0.25) is 4.79 Å². The van der Waals surface area contributed by atoms with E-state index in [-0.39, 0.29) is 32.2 Å². The molecule has 6 aromatic carbocycles. The molecule has 0 bridgehead atoms. The number of ketones is 1. The molecule has 8 nitrogen and oxygen atoms in total. The van der Waals surface area contributed by atoms with Gasteiger partial charge in [-0.2, -0.15) is 0 Å². The maximum Gasteiger partial charge on any atom is 0.227 e. The molecule has 0 aliphatic carbocycles. The van der Waals surface area contributed by atoms with Crippen LogP contribution in [0.4, 0.5) is 0 Å². The summed E-state index contributed by atoms with van der Waals surface area (Å²) in [5, 5.41) is 0.541. The lowest BCUT2D eigenvalue weighted by molar-refractivity contribution is -0.330. The van der Waals surface area contributed by atoms with Crippen molar-refractivity contribution in [1.82, 2.24) is 0 Å². The average Bonchev–Trinajstić information content (AvgIpc) is 3.54. The molecule has 1 aliphatic heterocycles. The fourth-order valence-electron chi connectivity index (χ4n) is 7.79. The number of benzene rings is 6. The third-order valence-electron chi connectivity index (χ3n) is 10.8. The molecule has 62 heavy (non-hydrogen) atoms. The Balaban J connectivity index is 1.35. The van der Waals surface area contributed by atoms with Crippen LogP contribution in [0.3, 0.4) is 0 Å². The summed E-state index contributed by atoms with van der Waals surface area (Å²) in [7, 11) is 0. The highest BCUT2D eigenvalue weighted by atomic mass is 35.5. The van der Waals surface area contributed by atoms with Gasteiger partial charge in [0.2, 0.25) is 5.79 Å². The Hall–Kier alpha value is -5.16. The summed E-state index contributed by atoms with van der Waals surface area (Å²) in [6.45, 7) is 8.68. The van der Waals surface area contributed by atoms with Gasteiger partial charge in [0.1, 0.15) is 30.2 Å². The summed E-state index contributed by atoms with van der Waals surface area (Å²) in [5.74, 6) is -2.22. The monoisotopic (exact) mass is 854 g/mol. The highest BCUT2D eigenvalue weighted by Crippen LogP contribution is 2.44. The van der Waals surface area contributed by atoms with Crippen LogP contribution in [0, 0.1) is 0 Å². The molecule has 0 radical (unpaired) electrons. The van der Waals surface area contributed by atoms with E-state index in [4.69, 9.17) is 44.8 Å². The molecule has 322 valence electrons. The van der Waals surface area contributed by atoms with Gasteiger partial charge in [0.25, 0.3) is 0 Å². The second-order valence-electron chi connectivity index (χ2n) is 15.9. The molecule has 1 saturated heterocycles. The van der Waals surface area contributed by atoms with E-state index in [0.29, 0.717) is 23.6 Å². The molecule has 1 unspecified atom stereocenters. The van der Waals surface area contributed by atoms with Crippen molar-refractivity contribution in [3.63, 3.8) is 0 Å². The quantitative estimate of drug-likeness (QED) is 0.0662. The zero-order valence-corrected chi connectivity index (χ0v) is 36.5. The molecule has 7 rings (SSSR count). The van der Waals surface area contributed by atoms with Crippen LogP contribution in [0.25, 0.3) is 0 Å². The molecule has 0 aromatic heterocycles. The van der Waals surface area contributed by atoms with Crippen LogP contribution in [-0.2, 0) is 61.3 Å². The number of hydrogen-bond acceptors (Lipinski definition) is 8. The smallest absolute Gasteiger partial charge is 0.227 e. The van der Waals surface area contributed by atoms with Gasteiger partial charge >= 0.3 is 0 Å². The van der Waals surface area contributed by atoms with Gasteiger partial charge in [-0.25, -0.2) is 0 Å². The van der Waals surface area contributed by atoms with Crippen LogP contribution in [-0.4, -0.2) is 48.4 Å². The van der Waals surface area contributed by atoms with Gasteiger partial charge in [-0.1, -0.05) is 145 Å². The van der Waals surface area contributed by atoms with Gasteiger partial charge in [-0.15, -0.1) is 0 Å². The van der Waals surface area contributed by atoms with Crippen molar-refractivity contribution in [3.8, 4) is 5.75 Å². The number of carbonyl (C=O) groups is 1. The van der Waals surface area contributed by atoms with Crippen LogP contribution >= 0.6 is 11.6 Å². The van der Waals surface area contributed by atoms with E-state index in [1.165, 1.54) is 0 Å². The predicted molar refractivity (Wildman–Crippen MR) is 241 cm³/mol. The number of carbonyl (C=O) groups excluding carboxylic acids is 1. The Morgan fingerprint density at radius 3 is 1.68 bits per heavy atom. The first-order valence-electron chi connectivity index (χ1n) is 21.2. The van der Waals surface area contributed by atoms with Crippen molar-refractivity contribution >= 4 is 17.4 Å². The Morgan fingerprint density at radius 1 is 0.645 bits per heavy atom. The van der Waals surface area contributed by atoms with Crippen LogP contribution in [0.5, 0.6) is 5.75 Å². The van der Waals surface area contributed by atoms with E-state index in [1.54, 1.807) is 12.1 Å². The fourth-order valence-corrected chi connectivity index (χ4v) is 7.97. The van der Waals surface area contributed by atoms with E-state index in [9.17, 15) is 0 Å². The van der Waals surface area contributed by atoms with Gasteiger partial charge in [0.15, 0.2) is 11.6 Å². The summed E-state index contributed by atoms with van der Waals surface area (Å²) in [6, 6.07) is 52.5. The summed E-state index contributed by atoms with van der Waals surface area (Å²) in [6.07, 6.45) is -3.64. The third kappa shape index (κ3) is 11.6. The largest absolute Gasteiger partial charge is 0.494 e. The van der Waals surface area contributed by atoms with E-state index in [1.807, 2.05) is 179 Å². The minimum Gasteiger partial charge on any atom is -0.494 e. The fraction of sp³-hybridized carbons (Fsp3) is 0.302. The molecule has 0 saturated carbocycles. The zero-order chi connectivity index (χ0) is 43.4. The minimum absolute atomic E-state index is 0.108. The lowest BCUT2D eigenvalue weighted by Crippen LogP contribution is -2.62. The normalized spacial score (nSPS) is 18.5. The maximum absolute atomic E-state index is 15.5. The maximum atomic E-state index is 15.5. The van der Waals surface area contributed by atoms with Crippen molar-refractivity contribution in [2.45, 2.75) is 96.5 Å². The van der Waals surface area contributed by atoms with E-state index < -0.39 is 36.0 Å². The molecule has 5 atom stereocenters. The number of hydrogen-bond donors (Lipinski definition) is 0. The first-order chi connectivity index (χ1) is 30.1. The van der Waals surface area contributed by atoms with Crippen molar-refractivity contribution in [3.05, 3.63) is 208 Å². The SMILES string of the molecule is CCOc1ccc(Cc2cc(C(=O)[C@H](OCc3ccccc3)[C@@H](OCc3ccccc3)[C@H](OCc3ccccc3)C3(OCc4ccccc4)OC(C)(C)O[C@@H]3C)ccc2Cl)cc1. The van der Waals surface area contributed by atoms with Gasteiger partial charge in [-0.05, 0) is 97.8 Å². The average molecular weight is 855 g/mol. The molecular weight excluding hydrogens is 800 g/mol. The summed E-state index contributed by atoms with van der Waals surface area (Å²) in [4.78, 5) is 15.5. The van der Waals surface area contributed by atoms with E-state index >= 15 is 4.79 Å². The van der Waals surface area contributed by atoms with Gasteiger partial charge < -0.3 is 33.2 Å².